The van der Waals surface area contributed by atoms with E-state index in [9.17, 15) is 4.79 Å². The lowest BCUT2D eigenvalue weighted by Gasteiger charge is -2.08. The number of rotatable bonds is 3. The summed E-state index contributed by atoms with van der Waals surface area (Å²) in [5.41, 5.74) is 2.09. The summed E-state index contributed by atoms with van der Waals surface area (Å²) in [6.45, 7) is 0. The molecule has 0 saturated heterocycles. The summed E-state index contributed by atoms with van der Waals surface area (Å²) in [6, 6.07) is 11.9. The van der Waals surface area contributed by atoms with Gasteiger partial charge in [0, 0.05) is 35.5 Å². The lowest BCUT2D eigenvalue weighted by molar-refractivity contribution is 0.262. The number of aromatic nitrogens is 3. The van der Waals surface area contributed by atoms with Crippen molar-refractivity contribution in [2.75, 3.05) is 10.6 Å². The van der Waals surface area contributed by atoms with Gasteiger partial charge in [-0.25, -0.2) is 19.7 Å². The minimum atomic E-state index is -0.365. The fourth-order valence-corrected chi connectivity index (χ4v) is 2.10. The molecular weight excluding hydrogens is 314 g/mol. The molecule has 3 aromatic rings. The third kappa shape index (κ3) is 4.02. The van der Waals surface area contributed by atoms with Crippen molar-refractivity contribution < 1.29 is 4.79 Å². The zero-order valence-corrected chi connectivity index (χ0v) is 12.7. The van der Waals surface area contributed by atoms with Gasteiger partial charge in [-0.05, 0) is 42.5 Å². The Morgan fingerprint density at radius 2 is 1.57 bits per heavy atom. The molecular formula is C16H12ClN5O. The van der Waals surface area contributed by atoms with E-state index < -0.39 is 0 Å². The second-order valence-electron chi connectivity index (χ2n) is 4.60. The Morgan fingerprint density at radius 3 is 2.26 bits per heavy atom. The fourth-order valence-electron chi connectivity index (χ4n) is 1.92. The predicted molar refractivity (Wildman–Crippen MR) is 89.4 cm³/mol. The third-order valence-electron chi connectivity index (χ3n) is 2.95. The molecule has 6 nitrogen and oxygen atoms in total. The number of benzene rings is 1. The van der Waals surface area contributed by atoms with Crippen LogP contribution < -0.4 is 10.6 Å². The molecule has 0 aliphatic rings. The number of hydrogen-bond acceptors (Lipinski definition) is 4. The van der Waals surface area contributed by atoms with Crippen molar-refractivity contribution in [3.63, 3.8) is 0 Å². The highest BCUT2D eigenvalue weighted by Crippen LogP contribution is 2.18. The molecule has 0 bridgehead atoms. The van der Waals surface area contributed by atoms with Crippen LogP contribution in [0.3, 0.4) is 0 Å². The maximum absolute atomic E-state index is 11.9. The van der Waals surface area contributed by atoms with Crippen molar-refractivity contribution in [2.24, 2.45) is 0 Å². The molecule has 0 radical (unpaired) electrons. The van der Waals surface area contributed by atoms with Gasteiger partial charge in [-0.2, -0.15) is 0 Å². The molecule has 0 spiro atoms. The number of anilines is 2. The summed E-state index contributed by atoms with van der Waals surface area (Å²) in [5.74, 6) is 0.634. The first-order chi connectivity index (χ1) is 11.2. The zero-order valence-electron chi connectivity index (χ0n) is 11.9. The molecule has 2 heterocycles. The number of hydrogen-bond donors (Lipinski definition) is 2. The largest absolute Gasteiger partial charge is 0.323 e. The lowest BCUT2D eigenvalue weighted by atomic mass is 10.2. The highest BCUT2D eigenvalue weighted by Gasteiger charge is 2.05. The Morgan fingerprint density at radius 1 is 0.870 bits per heavy atom. The van der Waals surface area contributed by atoms with Gasteiger partial charge in [-0.1, -0.05) is 11.6 Å². The molecule has 2 amide bonds. The Bertz CT molecular complexity index is 808. The molecule has 114 valence electrons. The third-order valence-corrected chi connectivity index (χ3v) is 3.16. The number of nitrogens with one attached hydrogen (secondary N) is 2. The molecule has 0 aliphatic heterocycles. The monoisotopic (exact) mass is 325 g/mol. The van der Waals surface area contributed by atoms with E-state index in [1.54, 1.807) is 42.7 Å². The first-order valence-electron chi connectivity index (χ1n) is 6.78. The van der Waals surface area contributed by atoms with Crippen molar-refractivity contribution in [3.05, 3.63) is 66.2 Å². The molecule has 0 atom stereocenters. The summed E-state index contributed by atoms with van der Waals surface area (Å²) < 4.78 is 0. The summed E-state index contributed by atoms with van der Waals surface area (Å²) in [7, 11) is 0. The maximum atomic E-state index is 11.9. The smallest absolute Gasteiger partial charge is 0.308 e. The number of urea groups is 1. The van der Waals surface area contributed by atoms with Crippen LogP contribution in [0.2, 0.25) is 5.15 Å². The first-order valence-corrected chi connectivity index (χ1v) is 7.15. The van der Waals surface area contributed by atoms with E-state index in [-0.39, 0.29) is 6.03 Å². The van der Waals surface area contributed by atoms with E-state index in [1.807, 2.05) is 12.1 Å². The van der Waals surface area contributed by atoms with Crippen molar-refractivity contribution in [1.82, 2.24) is 15.0 Å². The van der Waals surface area contributed by atoms with Crippen LogP contribution in [0.25, 0.3) is 11.4 Å². The van der Waals surface area contributed by atoms with Crippen molar-refractivity contribution in [3.8, 4) is 11.4 Å². The summed E-state index contributed by atoms with van der Waals surface area (Å²) in [6.07, 6.45) is 4.89. The highest BCUT2D eigenvalue weighted by atomic mass is 35.5. The average Bonchev–Trinajstić information content (AvgIpc) is 2.56. The number of carbonyl (C=O) groups is 1. The second kappa shape index (κ2) is 6.85. The summed E-state index contributed by atoms with van der Waals surface area (Å²) >= 11 is 5.77. The van der Waals surface area contributed by atoms with Crippen LogP contribution in [0.15, 0.2) is 61.1 Å². The predicted octanol–water partition coefficient (Wildman–Crippen LogP) is 3.84. The molecule has 2 aromatic heterocycles. The van der Waals surface area contributed by atoms with E-state index >= 15 is 0 Å². The molecule has 0 aliphatic carbocycles. The lowest BCUT2D eigenvalue weighted by Crippen LogP contribution is -2.19. The number of halogens is 1. The van der Waals surface area contributed by atoms with Crippen molar-refractivity contribution >= 4 is 29.0 Å². The van der Waals surface area contributed by atoms with Crippen LogP contribution in [-0.4, -0.2) is 21.0 Å². The van der Waals surface area contributed by atoms with E-state index in [0.717, 1.165) is 5.56 Å². The minimum Gasteiger partial charge on any atom is -0.308 e. The Kier molecular flexibility index (Phi) is 4.44. The summed E-state index contributed by atoms with van der Waals surface area (Å²) in [4.78, 5) is 24.1. The second-order valence-corrected chi connectivity index (χ2v) is 4.98. The quantitative estimate of drug-likeness (QED) is 0.717. The van der Waals surface area contributed by atoms with Crippen LogP contribution in [0, 0.1) is 0 Å². The van der Waals surface area contributed by atoms with Gasteiger partial charge in [0.2, 0.25) is 0 Å². The van der Waals surface area contributed by atoms with Crippen molar-refractivity contribution in [1.29, 1.82) is 0 Å². The number of pyridine rings is 1. The molecule has 0 saturated carbocycles. The van der Waals surface area contributed by atoms with E-state index in [2.05, 4.69) is 25.6 Å². The van der Waals surface area contributed by atoms with Crippen LogP contribution in [-0.2, 0) is 0 Å². The van der Waals surface area contributed by atoms with Gasteiger partial charge >= 0.3 is 6.03 Å². The normalized spacial score (nSPS) is 10.1. The van der Waals surface area contributed by atoms with E-state index in [1.165, 1.54) is 6.20 Å². The number of nitrogens with zero attached hydrogens (tertiary/aromatic N) is 3. The van der Waals surface area contributed by atoms with Gasteiger partial charge in [0.25, 0.3) is 0 Å². The highest BCUT2D eigenvalue weighted by molar-refractivity contribution is 6.29. The van der Waals surface area contributed by atoms with Crippen LogP contribution in [0.1, 0.15) is 0 Å². The first kappa shape index (κ1) is 14.9. The number of amides is 2. The Labute approximate surface area is 137 Å². The van der Waals surface area contributed by atoms with Gasteiger partial charge in [-0.3, -0.25) is 0 Å². The molecule has 3 rings (SSSR count). The van der Waals surface area contributed by atoms with Gasteiger partial charge in [0.15, 0.2) is 5.82 Å². The maximum Gasteiger partial charge on any atom is 0.323 e. The van der Waals surface area contributed by atoms with E-state index in [0.29, 0.717) is 22.4 Å². The standard InChI is InChI=1S/C16H12ClN5O/c17-14-10-13(6-9-18-14)22-16(23)21-12-4-2-11(3-5-12)15-19-7-1-8-20-15/h1-10H,(H2,18,21,22,23). The molecule has 7 heteroatoms. The van der Waals surface area contributed by atoms with Gasteiger partial charge in [0.1, 0.15) is 5.15 Å². The molecule has 0 fully saturated rings. The number of carbonyl (C=O) groups excluding carboxylic acids is 1. The van der Waals surface area contributed by atoms with Crippen LogP contribution in [0.4, 0.5) is 16.2 Å². The molecule has 0 unspecified atom stereocenters. The van der Waals surface area contributed by atoms with Gasteiger partial charge in [0.05, 0.1) is 0 Å². The molecule has 23 heavy (non-hydrogen) atoms. The SMILES string of the molecule is O=C(Nc1ccc(-c2ncccn2)cc1)Nc1ccnc(Cl)c1. The van der Waals surface area contributed by atoms with Crippen molar-refractivity contribution in [2.45, 2.75) is 0 Å². The van der Waals surface area contributed by atoms with E-state index in [4.69, 9.17) is 11.6 Å². The van der Waals surface area contributed by atoms with Gasteiger partial charge < -0.3 is 10.6 Å². The topological polar surface area (TPSA) is 79.8 Å². The van der Waals surface area contributed by atoms with Gasteiger partial charge in [-0.15, -0.1) is 0 Å². The fraction of sp³-hybridized carbons (Fsp3) is 0. The zero-order chi connectivity index (χ0) is 16.1. The molecule has 2 N–H and O–H groups in total. The molecule has 1 aromatic carbocycles. The van der Waals surface area contributed by atoms with Crippen LogP contribution in [0.5, 0.6) is 0 Å². The average molecular weight is 326 g/mol. The Balaban J connectivity index is 1.65. The Hall–Kier alpha value is -2.99. The van der Waals surface area contributed by atoms with Crippen LogP contribution >= 0.6 is 11.6 Å². The summed E-state index contributed by atoms with van der Waals surface area (Å²) in [5, 5.41) is 5.73. The minimum absolute atomic E-state index is 0.315.